The van der Waals surface area contributed by atoms with Crippen LogP contribution in [0.5, 0.6) is 0 Å². The fourth-order valence-electron chi connectivity index (χ4n) is 6.18. The average Bonchev–Trinajstić information content (AvgIpc) is 3.00. The molecule has 9 nitrogen and oxygen atoms in total. The molecular formula is C31H35N5O4. The molecule has 6 N–H and O–H groups in total. The van der Waals surface area contributed by atoms with E-state index in [2.05, 4.69) is 10.6 Å². The topological polar surface area (TPSA) is 140 Å². The molecule has 3 aromatic carbocycles. The number of nitrogens with zero attached hydrogens (tertiary/aromatic N) is 1. The molecule has 3 unspecified atom stereocenters. The maximum Gasteiger partial charge on any atom is 0.411 e. The number of piperazine rings is 1. The molecule has 2 aliphatic rings. The van der Waals surface area contributed by atoms with Crippen LogP contribution in [0.3, 0.4) is 0 Å². The summed E-state index contributed by atoms with van der Waals surface area (Å²) in [6.07, 6.45) is 0.146. The zero-order valence-corrected chi connectivity index (χ0v) is 22.3. The quantitative estimate of drug-likeness (QED) is 0.339. The maximum atomic E-state index is 14.3. The number of aryl methyl sites for hydroxylation is 1. The van der Waals surface area contributed by atoms with Gasteiger partial charge in [0.2, 0.25) is 11.8 Å². The van der Waals surface area contributed by atoms with Crippen molar-refractivity contribution in [1.29, 1.82) is 0 Å². The van der Waals surface area contributed by atoms with Gasteiger partial charge in [0, 0.05) is 25.2 Å². The van der Waals surface area contributed by atoms with Crippen molar-refractivity contribution >= 4 is 17.9 Å². The molecule has 1 aliphatic carbocycles. The lowest BCUT2D eigenvalue weighted by Gasteiger charge is -2.54. The van der Waals surface area contributed by atoms with E-state index in [1.165, 1.54) is 4.90 Å². The largest absolute Gasteiger partial charge is 0.426 e. The van der Waals surface area contributed by atoms with Crippen molar-refractivity contribution in [2.24, 2.45) is 11.5 Å². The highest BCUT2D eigenvalue weighted by molar-refractivity contribution is 6.01. The molecule has 3 amide bonds. The number of hydrogen-bond donors (Lipinski definition) is 4. The molecule has 0 aromatic heterocycles. The minimum atomic E-state index is -1.54. The van der Waals surface area contributed by atoms with Crippen LogP contribution in [-0.2, 0) is 32.7 Å². The summed E-state index contributed by atoms with van der Waals surface area (Å²) in [4.78, 5) is 42.8. The third-order valence-corrected chi connectivity index (χ3v) is 8.16. The molecule has 3 aromatic rings. The van der Waals surface area contributed by atoms with Gasteiger partial charge in [-0.25, -0.2) is 4.79 Å². The monoisotopic (exact) mass is 541 g/mol. The lowest BCUT2D eigenvalue weighted by molar-refractivity contribution is -0.142. The first-order valence-electron chi connectivity index (χ1n) is 13.6. The molecule has 1 fully saturated rings. The molecule has 0 saturated carbocycles. The number of fused-ring (bicyclic) bond motifs is 1. The lowest BCUT2D eigenvalue weighted by Crippen LogP contribution is -2.79. The molecule has 9 heteroatoms. The van der Waals surface area contributed by atoms with Crippen molar-refractivity contribution in [3.63, 3.8) is 0 Å². The normalized spacial score (nSPS) is 23.0. The Morgan fingerprint density at radius 1 is 0.975 bits per heavy atom. The highest BCUT2D eigenvalue weighted by Crippen LogP contribution is 2.46. The van der Waals surface area contributed by atoms with Gasteiger partial charge in [0.05, 0.1) is 6.54 Å². The van der Waals surface area contributed by atoms with Crippen LogP contribution < -0.4 is 22.1 Å². The Labute approximate surface area is 233 Å². The number of primary amides is 1. The zero-order valence-electron chi connectivity index (χ0n) is 22.3. The third kappa shape index (κ3) is 4.94. The Morgan fingerprint density at radius 3 is 2.38 bits per heavy atom. The molecular weight excluding hydrogens is 506 g/mol. The predicted molar refractivity (Wildman–Crippen MR) is 151 cm³/mol. The number of carbonyl (C=O) groups excluding carboxylic acids is 3. The first-order valence-corrected chi connectivity index (χ1v) is 13.6. The van der Waals surface area contributed by atoms with Crippen LogP contribution in [0.1, 0.15) is 41.3 Å². The summed E-state index contributed by atoms with van der Waals surface area (Å²) >= 11 is 0. The first-order chi connectivity index (χ1) is 19.4. The molecule has 1 aliphatic heterocycles. The van der Waals surface area contributed by atoms with Gasteiger partial charge in [-0.3, -0.25) is 20.6 Å². The maximum absolute atomic E-state index is 14.3. The van der Waals surface area contributed by atoms with Gasteiger partial charge in [-0.05, 0) is 36.0 Å². The fraction of sp³-hybridized carbons (Fsp3) is 0.323. The molecule has 5 rings (SSSR count). The van der Waals surface area contributed by atoms with E-state index in [0.29, 0.717) is 24.0 Å². The zero-order chi connectivity index (χ0) is 28.2. The van der Waals surface area contributed by atoms with Crippen molar-refractivity contribution < 1.29 is 19.1 Å². The van der Waals surface area contributed by atoms with E-state index in [1.54, 1.807) is 12.1 Å². The third-order valence-electron chi connectivity index (χ3n) is 8.16. The van der Waals surface area contributed by atoms with Crippen molar-refractivity contribution in [3.8, 4) is 0 Å². The molecule has 0 bridgehead atoms. The van der Waals surface area contributed by atoms with E-state index < -0.39 is 35.1 Å². The minimum absolute atomic E-state index is 0.120. The summed E-state index contributed by atoms with van der Waals surface area (Å²) in [7, 11) is 0. The van der Waals surface area contributed by atoms with Gasteiger partial charge in [-0.2, -0.15) is 0 Å². The van der Waals surface area contributed by atoms with Crippen molar-refractivity contribution in [2.45, 2.75) is 43.0 Å². The summed E-state index contributed by atoms with van der Waals surface area (Å²) < 4.78 is 5.62. The van der Waals surface area contributed by atoms with E-state index >= 15 is 0 Å². The summed E-state index contributed by atoms with van der Waals surface area (Å²) in [5.41, 5.74) is 12.7. The van der Waals surface area contributed by atoms with Crippen LogP contribution in [0.25, 0.3) is 0 Å². The van der Waals surface area contributed by atoms with Crippen molar-refractivity contribution in [3.05, 3.63) is 107 Å². The Kier molecular flexibility index (Phi) is 7.86. The van der Waals surface area contributed by atoms with Crippen molar-refractivity contribution in [1.82, 2.24) is 15.5 Å². The number of carbonyl (C=O) groups is 3. The number of benzene rings is 3. The van der Waals surface area contributed by atoms with E-state index in [1.807, 2.05) is 72.8 Å². The summed E-state index contributed by atoms with van der Waals surface area (Å²) in [6.45, 7) is 0.657. The van der Waals surface area contributed by atoms with Crippen LogP contribution >= 0.6 is 0 Å². The van der Waals surface area contributed by atoms with Crippen LogP contribution in [0, 0.1) is 0 Å². The Balaban J connectivity index is 1.52. The lowest BCUT2D eigenvalue weighted by atomic mass is 9.57. The number of ether oxygens (including phenoxy) is 1. The van der Waals surface area contributed by atoms with E-state index in [0.717, 1.165) is 17.5 Å². The van der Waals surface area contributed by atoms with E-state index in [-0.39, 0.29) is 26.2 Å². The van der Waals surface area contributed by atoms with Gasteiger partial charge in [-0.1, -0.05) is 84.9 Å². The number of rotatable bonds is 7. The fourth-order valence-corrected chi connectivity index (χ4v) is 6.18. The SMILES string of the molecule is NC(=O)C1(C2(C(=O)NCc3ccccc3)CN(C(=O)OC(N)c3ccccc3)CCN2)CCCc2ccccc21. The average molecular weight is 542 g/mol. The summed E-state index contributed by atoms with van der Waals surface area (Å²) in [6, 6.07) is 26.2. The molecule has 40 heavy (non-hydrogen) atoms. The minimum Gasteiger partial charge on any atom is -0.426 e. The number of nitrogens with one attached hydrogen (secondary N) is 2. The van der Waals surface area contributed by atoms with Crippen molar-refractivity contribution in [2.75, 3.05) is 19.6 Å². The van der Waals surface area contributed by atoms with Gasteiger partial charge in [0.15, 0.2) is 6.23 Å². The Hall–Kier alpha value is -4.21. The standard InChI is InChI=1S/C31H35N5O4/c32-26(24-13-5-2-6-14-24)40-29(39)36-19-18-35-31(21-36,28(38)34-20-22-10-3-1-4-11-22)30(27(33)37)17-9-15-23-12-7-8-16-25(23)30/h1-8,10-14,16,26,35H,9,15,17-21,32H2,(H2,33,37)(H,34,38). The predicted octanol–water partition coefficient (Wildman–Crippen LogP) is 2.50. The highest BCUT2D eigenvalue weighted by Gasteiger charge is 2.63. The second-order valence-corrected chi connectivity index (χ2v) is 10.4. The molecule has 208 valence electrons. The van der Waals surface area contributed by atoms with Gasteiger partial charge in [0.25, 0.3) is 0 Å². The molecule has 0 radical (unpaired) electrons. The van der Waals surface area contributed by atoms with Gasteiger partial charge in [0.1, 0.15) is 11.0 Å². The molecule has 3 atom stereocenters. The van der Waals surface area contributed by atoms with Crippen LogP contribution in [0.15, 0.2) is 84.9 Å². The molecule has 1 heterocycles. The first kappa shape index (κ1) is 27.4. The van der Waals surface area contributed by atoms with Crippen LogP contribution in [0.2, 0.25) is 0 Å². The number of hydrogen-bond acceptors (Lipinski definition) is 6. The Bertz CT molecular complexity index is 1370. The van der Waals surface area contributed by atoms with Crippen LogP contribution in [-0.4, -0.2) is 48.0 Å². The van der Waals surface area contributed by atoms with Crippen LogP contribution in [0.4, 0.5) is 4.79 Å². The number of nitrogens with two attached hydrogens (primary N) is 2. The molecule has 0 spiro atoms. The van der Waals surface area contributed by atoms with Gasteiger partial charge in [-0.15, -0.1) is 0 Å². The summed E-state index contributed by atoms with van der Waals surface area (Å²) in [5.74, 6) is -1.02. The van der Waals surface area contributed by atoms with Gasteiger partial charge < -0.3 is 20.7 Å². The Morgan fingerprint density at radius 2 is 1.65 bits per heavy atom. The second-order valence-electron chi connectivity index (χ2n) is 10.4. The second kappa shape index (κ2) is 11.5. The molecule has 1 saturated heterocycles. The number of amides is 3. The highest BCUT2D eigenvalue weighted by atomic mass is 16.6. The van der Waals surface area contributed by atoms with E-state index in [9.17, 15) is 14.4 Å². The smallest absolute Gasteiger partial charge is 0.411 e. The van der Waals surface area contributed by atoms with Gasteiger partial charge >= 0.3 is 6.09 Å². The van der Waals surface area contributed by atoms with E-state index in [4.69, 9.17) is 16.2 Å². The summed E-state index contributed by atoms with van der Waals surface area (Å²) in [5, 5.41) is 6.41.